The van der Waals surface area contributed by atoms with Crippen molar-refractivity contribution in [2.45, 2.75) is 19.8 Å². The number of amides is 2. The summed E-state index contributed by atoms with van der Waals surface area (Å²) in [6.07, 6.45) is 0.947. The quantitative estimate of drug-likeness (QED) is 0.630. The second kappa shape index (κ2) is 6.69. The van der Waals surface area contributed by atoms with Gasteiger partial charge in [0, 0.05) is 11.3 Å². The second-order valence-corrected chi connectivity index (χ2v) is 6.51. The molecule has 0 aromatic heterocycles. The molecule has 128 valence electrons. The minimum Gasteiger partial charge on any atom is -0.325 e. The van der Waals surface area contributed by atoms with E-state index in [0.29, 0.717) is 34.8 Å². The molecule has 2 N–H and O–H groups in total. The zero-order valence-corrected chi connectivity index (χ0v) is 14.4. The van der Waals surface area contributed by atoms with E-state index in [4.69, 9.17) is 11.6 Å². The number of benzene rings is 2. The Morgan fingerprint density at radius 2 is 1.64 bits per heavy atom. The fraction of sp³-hybridized carbons (Fsp3) is 0.211. The van der Waals surface area contributed by atoms with Crippen LogP contribution in [0.3, 0.4) is 0 Å². The van der Waals surface area contributed by atoms with Crippen LogP contribution >= 0.6 is 11.6 Å². The maximum atomic E-state index is 12.6. The Balaban J connectivity index is 1.73. The fourth-order valence-electron chi connectivity index (χ4n) is 2.55. The average Bonchev–Trinajstić information content (AvgIpc) is 3.39. The molecule has 1 aliphatic carbocycles. The molecule has 0 bridgehead atoms. The number of para-hydroxylation sites is 1. The van der Waals surface area contributed by atoms with E-state index >= 15 is 0 Å². The van der Waals surface area contributed by atoms with Gasteiger partial charge in [0.2, 0.25) is 11.8 Å². The van der Waals surface area contributed by atoms with Gasteiger partial charge in [-0.15, -0.1) is 0 Å². The van der Waals surface area contributed by atoms with Gasteiger partial charge in [-0.1, -0.05) is 35.9 Å². The molecule has 2 aromatic rings. The molecule has 2 aromatic carbocycles. The third-order valence-electron chi connectivity index (χ3n) is 4.27. The lowest BCUT2D eigenvalue weighted by molar-refractivity contribution is -0.131. The van der Waals surface area contributed by atoms with Crippen molar-refractivity contribution in [1.82, 2.24) is 0 Å². The highest BCUT2D eigenvalue weighted by Gasteiger charge is 2.56. The van der Waals surface area contributed by atoms with Crippen LogP contribution in [0.4, 0.5) is 11.4 Å². The normalized spacial score (nSPS) is 14.5. The predicted octanol–water partition coefficient (Wildman–Crippen LogP) is 3.90. The Kier molecular flexibility index (Phi) is 4.59. The molecule has 2 amide bonds. The van der Waals surface area contributed by atoms with Crippen molar-refractivity contribution in [3.8, 4) is 0 Å². The summed E-state index contributed by atoms with van der Waals surface area (Å²) < 4.78 is 0. The fourth-order valence-corrected chi connectivity index (χ4v) is 2.74. The van der Waals surface area contributed by atoms with Gasteiger partial charge in [0.05, 0.1) is 10.7 Å². The highest BCUT2D eigenvalue weighted by molar-refractivity contribution is 6.34. The summed E-state index contributed by atoms with van der Waals surface area (Å²) in [5.41, 5.74) is 0.385. The van der Waals surface area contributed by atoms with Crippen molar-refractivity contribution in [1.29, 1.82) is 0 Å². The lowest BCUT2D eigenvalue weighted by Crippen LogP contribution is -2.35. The lowest BCUT2D eigenvalue weighted by atomic mass is 10.0. The number of hydrogen-bond donors (Lipinski definition) is 2. The van der Waals surface area contributed by atoms with Gasteiger partial charge < -0.3 is 10.6 Å². The molecular formula is C19H17ClN2O3. The number of ketones is 1. The van der Waals surface area contributed by atoms with Gasteiger partial charge in [-0.2, -0.15) is 0 Å². The van der Waals surface area contributed by atoms with E-state index < -0.39 is 5.41 Å². The van der Waals surface area contributed by atoms with E-state index in [-0.39, 0.29) is 17.6 Å². The van der Waals surface area contributed by atoms with Crippen molar-refractivity contribution in [3.05, 3.63) is 59.1 Å². The molecule has 1 fully saturated rings. The molecule has 5 nitrogen and oxygen atoms in total. The smallest absolute Gasteiger partial charge is 0.240 e. The number of carbonyl (C=O) groups is 3. The first-order chi connectivity index (χ1) is 11.9. The Morgan fingerprint density at radius 3 is 2.28 bits per heavy atom. The number of hydrogen-bond acceptors (Lipinski definition) is 3. The molecular weight excluding hydrogens is 340 g/mol. The molecule has 3 rings (SSSR count). The summed E-state index contributed by atoms with van der Waals surface area (Å²) in [5.74, 6) is -0.840. The van der Waals surface area contributed by atoms with Crippen LogP contribution in [-0.4, -0.2) is 17.6 Å². The van der Waals surface area contributed by atoms with E-state index in [2.05, 4.69) is 10.6 Å². The Bertz CT molecular complexity index is 859. The second-order valence-electron chi connectivity index (χ2n) is 6.11. The van der Waals surface area contributed by atoms with Gasteiger partial charge in [-0.3, -0.25) is 14.4 Å². The molecule has 0 saturated heterocycles. The predicted molar refractivity (Wildman–Crippen MR) is 96.8 cm³/mol. The SMILES string of the molecule is CC(=O)c1cccc(NC(=O)C2(C(=O)Nc3ccccc3Cl)CC2)c1. The van der Waals surface area contributed by atoms with Crippen molar-refractivity contribution < 1.29 is 14.4 Å². The number of halogens is 1. The molecule has 25 heavy (non-hydrogen) atoms. The standard InChI is InChI=1S/C19H17ClN2O3/c1-12(23)13-5-4-6-14(11-13)21-17(24)19(9-10-19)18(25)22-16-8-3-2-7-15(16)20/h2-8,11H,9-10H2,1H3,(H,21,24)(H,22,25). The number of rotatable bonds is 5. The molecule has 0 radical (unpaired) electrons. The van der Waals surface area contributed by atoms with E-state index in [1.807, 2.05) is 0 Å². The van der Waals surface area contributed by atoms with Crippen LogP contribution < -0.4 is 10.6 Å². The monoisotopic (exact) mass is 356 g/mol. The Hall–Kier alpha value is -2.66. The molecule has 0 unspecified atom stereocenters. The van der Waals surface area contributed by atoms with Gasteiger partial charge in [-0.25, -0.2) is 0 Å². The Labute approximate surface area is 150 Å². The van der Waals surface area contributed by atoms with Crippen LogP contribution in [0, 0.1) is 5.41 Å². The van der Waals surface area contributed by atoms with Crippen LogP contribution in [0.5, 0.6) is 0 Å². The van der Waals surface area contributed by atoms with Crippen LogP contribution in [0.25, 0.3) is 0 Å². The molecule has 1 aliphatic rings. The first-order valence-corrected chi connectivity index (χ1v) is 8.29. The third kappa shape index (κ3) is 3.56. The van der Waals surface area contributed by atoms with Gasteiger partial charge in [0.15, 0.2) is 5.78 Å². The maximum absolute atomic E-state index is 12.6. The van der Waals surface area contributed by atoms with Crippen LogP contribution in [0.15, 0.2) is 48.5 Å². The van der Waals surface area contributed by atoms with Gasteiger partial charge in [0.1, 0.15) is 5.41 Å². The zero-order valence-electron chi connectivity index (χ0n) is 13.6. The third-order valence-corrected chi connectivity index (χ3v) is 4.60. The van der Waals surface area contributed by atoms with Crippen LogP contribution in [0.2, 0.25) is 5.02 Å². The van der Waals surface area contributed by atoms with E-state index in [9.17, 15) is 14.4 Å². The zero-order chi connectivity index (χ0) is 18.0. The number of nitrogens with one attached hydrogen (secondary N) is 2. The van der Waals surface area contributed by atoms with Crippen molar-refractivity contribution in [2.24, 2.45) is 5.41 Å². The summed E-state index contributed by atoms with van der Waals surface area (Å²) in [5, 5.41) is 5.88. The van der Waals surface area contributed by atoms with Crippen molar-refractivity contribution >= 4 is 40.6 Å². The first kappa shape index (κ1) is 17.2. The lowest BCUT2D eigenvalue weighted by Gasteiger charge is -2.16. The van der Waals surface area contributed by atoms with E-state index in [1.54, 1.807) is 48.5 Å². The molecule has 0 spiro atoms. The molecule has 1 saturated carbocycles. The summed E-state index contributed by atoms with van der Waals surface area (Å²) in [4.78, 5) is 36.6. The maximum Gasteiger partial charge on any atom is 0.240 e. The topological polar surface area (TPSA) is 75.3 Å². The number of carbonyl (C=O) groups excluding carboxylic acids is 3. The number of Topliss-reactive ketones (excluding diaryl/α,β-unsaturated/α-hetero) is 1. The summed E-state index contributed by atoms with van der Waals surface area (Å²) >= 11 is 6.05. The van der Waals surface area contributed by atoms with E-state index in [1.165, 1.54) is 6.92 Å². The minimum atomic E-state index is -1.09. The number of anilines is 2. The summed E-state index contributed by atoms with van der Waals surface area (Å²) in [6, 6.07) is 13.5. The van der Waals surface area contributed by atoms with Gasteiger partial charge in [-0.05, 0) is 44.0 Å². The Morgan fingerprint density at radius 1 is 0.960 bits per heavy atom. The highest BCUT2D eigenvalue weighted by atomic mass is 35.5. The molecule has 0 atom stereocenters. The van der Waals surface area contributed by atoms with Gasteiger partial charge in [0.25, 0.3) is 0 Å². The molecule has 6 heteroatoms. The largest absolute Gasteiger partial charge is 0.325 e. The highest BCUT2D eigenvalue weighted by Crippen LogP contribution is 2.47. The average molecular weight is 357 g/mol. The minimum absolute atomic E-state index is 0.0892. The van der Waals surface area contributed by atoms with Crippen molar-refractivity contribution in [3.63, 3.8) is 0 Å². The van der Waals surface area contributed by atoms with Crippen LogP contribution in [-0.2, 0) is 9.59 Å². The summed E-state index contributed by atoms with van der Waals surface area (Å²) in [6.45, 7) is 1.46. The van der Waals surface area contributed by atoms with Gasteiger partial charge >= 0.3 is 0 Å². The summed E-state index contributed by atoms with van der Waals surface area (Å²) in [7, 11) is 0. The molecule has 0 heterocycles. The van der Waals surface area contributed by atoms with Crippen molar-refractivity contribution in [2.75, 3.05) is 10.6 Å². The van der Waals surface area contributed by atoms with Crippen LogP contribution in [0.1, 0.15) is 30.1 Å². The molecule has 0 aliphatic heterocycles. The first-order valence-electron chi connectivity index (χ1n) is 7.91. The van der Waals surface area contributed by atoms with E-state index in [0.717, 1.165) is 0 Å².